The molecule has 0 atom stereocenters. The fourth-order valence-electron chi connectivity index (χ4n) is 1.48. The summed E-state index contributed by atoms with van der Waals surface area (Å²) in [5.41, 5.74) is 0.511. The third-order valence-corrected chi connectivity index (χ3v) is 4.85. The Hall–Kier alpha value is -1.52. The third kappa shape index (κ3) is 4.48. The Bertz CT molecular complexity index is 704. The Balaban J connectivity index is 1.98. The SMILES string of the molecule is CCS(=O)(=O)NCCSc1nnnn1-c1cccc(F)c1. The van der Waals surface area contributed by atoms with Gasteiger partial charge in [-0.1, -0.05) is 17.8 Å². The maximum absolute atomic E-state index is 13.2. The van der Waals surface area contributed by atoms with E-state index in [0.717, 1.165) is 0 Å². The van der Waals surface area contributed by atoms with Crippen LogP contribution in [0.2, 0.25) is 0 Å². The van der Waals surface area contributed by atoms with Gasteiger partial charge in [0.1, 0.15) is 5.82 Å². The minimum Gasteiger partial charge on any atom is -0.214 e. The number of hydrogen-bond acceptors (Lipinski definition) is 6. The summed E-state index contributed by atoms with van der Waals surface area (Å²) in [6, 6.07) is 5.90. The van der Waals surface area contributed by atoms with Crippen molar-refractivity contribution in [2.75, 3.05) is 18.1 Å². The first-order chi connectivity index (χ1) is 10.0. The molecule has 0 fully saturated rings. The molecule has 0 spiro atoms. The fourth-order valence-corrected chi connectivity index (χ4v) is 2.97. The molecule has 0 unspecified atom stereocenters. The average Bonchev–Trinajstić information content (AvgIpc) is 2.92. The van der Waals surface area contributed by atoms with Crippen molar-refractivity contribution in [2.24, 2.45) is 0 Å². The van der Waals surface area contributed by atoms with E-state index >= 15 is 0 Å². The van der Waals surface area contributed by atoms with E-state index in [-0.39, 0.29) is 18.1 Å². The fraction of sp³-hybridized carbons (Fsp3) is 0.364. The second kappa shape index (κ2) is 6.96. The van der Waals surface area contributed by atoms with Gasteiger partial charge >= 0.3 is 0 Å². The van der Waals surface area contributed by atoms with E-state index in [0.29, 0.717) is 16.6 Å². The Morgan fingerprint density at radius 1 is 1.43 bits per heavy atom. The lowest BCUT2D eigenvalue weighted by molar-refractivity contribution is 0.585. The van der Waals surface area contributed by atoms with Gasteiger partial charge in [0, 0.05) is 12.3 Å². The summed E-state index contributed by atoms with van der Waals surface area (Å²) in [6.07, 6.45) is 0. The van der Waals surface area contributed by atoms with Crippen LogP contribution in [0.1, 0.15) is 6.92 Å². The summed E-state index contributed by atoms with van der Waals surface area (Å²) in [5, 5.41) is 11.7. The number of nitrogens with one attached hydrogen (secondary N) is 1. The number of benzene rings is 1. The van der Waals surface area contributed by atoms with E-state index < -0.39 is 10.0 Å². The standard InChI is InChI=1S/C11H14FN5O2S2/c1-2-21(18,19)13-6-7-20-11-14-15-16-17(11)10-5-3-4-9(12)8-10/h3-5,8,13H,2,6-7H2,1H3. The topological polar surface area (TPSA) is 89.8 Å². The van der Waals surface area contributed by atoms with Gasteiger partial charge in [-0.3, -0.25) is 0 Å². The molecule has 0 aliphatic rings. The van der Waals surface area contributed by atoms with Crippen LogP contribution in [0.3, 0.4) is 0 Å². The van der Waals surface area contributed by atoms with Gasteiger partial charge in [-0.25, -0.2) is 17.5 Å². The van der Waals surface area contributed by atoms with Gasteiger partial charge in [-0.2, -0.15) is 4.68 Å². The zero-order valence-corrected chi connectivity index (χ0v) is 12.9. The molecule has 2 aromatic rings. The van der Waals surface area contributed by atoms with E-state index in [2.05, 4.69) is 20.2 Å². The van der Waals surface area contributed by atoms with E-state index in [1.807, 2.05) is 0 Å². The molecule has 0 saturated heterocycles. The van der Waals surface area contributed by atoms with Crippen LogP contribution < -0.4 is 4.72 Å². The van der Waals surface area contributed by atoms with Crippen LogP contribution in [0.25, 0.3) is 5.69 Å². The van der Waals surface area contributed by atoms with Gasteiger partial charge in [-0.15, -0.1) is 5.10 Å². The summed E-state index contributed by atoms with van der Waals surface area (Å²) in [6.45, 7) is 1.84. The number of nitrogens with zero attached hydrogens (tertiary/aromatic N) is 4. The molecule has 1 aromatic carbocycles. The molecular formula is C11H14FN5O2S2. The van der Waals surface area contributed by atoms with Gasteiger partial charge < -0.3 is 0 Å². The van der Waals surface area contributed by atoms with Gasteiger partial charge in [0.05, 0.1) is 11.4 Å². The van der Waals surface area contributed by atoms with E-state index in [1.165, 1.54) is 28.6 Å². The van der Waals surface area contributed by atoms with Crippen LogP contribution in [0, 0.1) is 5.82 Å². The lowest BCUT2D eigenvalue weighted by Gasteiger charge is -2.05. The highest BCUT2D eigenvalue weighted by Gasteiger charge is 2.10. The van der Waals surface area contributed by atoms with E-state index in [4.69, 9.17) is 0 Å². The highest BCUT2D eigenvalue weighted by Crippen LogP contribution is 2.18. The first kappa shape index (κ1) is 15.9. The van der Waals surface area contributed by atoms with Crippen molar-refractivity contribution in [2.45, 2.75) is 12.1 Å². The van der Waals surface area contributed by atoms with Crippen molar-refractivity contribution in [3.8, 4) is 5.69 Å². The minimum absolute atomic E-state index is 0.0404. The Morgan fingerprint density at radius 3 is 2.95 bits per heavy atom. The monoisotopic (exact) mass is 331 g/mol. The lowest BCUT2D eigenvalue weighted by atomic mass is 10.3. The van der Waals surface area contributed by atoms with Crippen molar-refractivity contribution in [1.82, 2.24) is 24.9 Å². The molecule has 0 radical (unpaired) electrons. The Kier molecular flexibility index (Phi) is 5.26. The predicted octanol–water partition coefficient (Wildman–Crippen LogP) is 0.833. The molecule has 0 saturated carbocycles. The summed E-state index contributed by atoms with van der Waals surface area (Å²) in [7, 11) is -3.20. The van der Waals surface area contributed by atoms with E-state index in [9.17, 15) is 12.8 Å². The quantitative estimate of drug-likeness (QED) is 0.597. The van der Waals surface area contributed by atoms with Gasteiger partial charge in [0.25, 0.3) is 0 Å². The van der Waals surface area contributed by atoms with Crippen molar-refractivity contribution in [1.29, 1.82) is 0 Å². The smallest absolute Gasteiger partial charge is 0.214 e. The second-order valence-corrected chi connectivity index (χ2v) is 7.16. The number of rotatable bonds is 7. The second-order valence-electron chi connectivity index (χ2n) is 4.00. The first-order valence-corrected chi connectivity index (χ1v) is 8.80. The molecule has 114 valence electrons. The highest BCUT2D eigenvalue weighted by molar-refractivity contribution is 7.99. The Morgan fingerprint density at radius 2 is 2.24 bits per heavy atom. The summed E-state index contributed by atoms with van der Waals surface area (Å²) in [4.78, 5) is 0. The molecule has 0 amide bonds. The van der Waals surface area contributed by atoms with Crippen LogP contribution >= 0.6 is 11.8 Å². The number of hydrogen-bond donors (Lipinski definition) is 1. The highest BCUT2D eigenvalue weighted by atomic mass is 32.2. The van der Waals surface area contributed by atoms with Crippen LogP contribution in [-0.2, 0) is 10.0 Å². The number of tetrazole rings is 1. The zero-order valence-electron chi connectivity index (χ0n) is 11.2. The Labute approximate surface area is 126 Å². The van der Waals surface area contributed by atoms with Crippen LogP contribution in [-0.4, -0.2) is 46.7 Å². The third-order valence-electron chi connectivity index (χ3n) is 2.53. The van der Waals surface area contributed by atoms with Gasteiger partial charge in [0.15, 0.2) is 0 Å². The molecule has 0 aliphatic carbocycles. The minimum atomic E-state index is -3.20. The number of sulfonamides is 1. The first-order valence-electron chi connectivity index (χ1n) is 6.16. The molecule has 0 bridgehead atoms. The zero-order chi connectivity index (χ0) is 15.3. The summed E-state index contributed by atoms with van der Waals surface area (Å²) in [5.74, 6) is 0.128. The number of thioether (sulfide) groups is 1. The summed E-state index contributed by atoms with van der Waals surface area (Å²) < 4.78 is 39.6. The maximum Gasteiger partial charge on any atom is 0.214 e. The molecular weight excluding hydrogens is 317 g/mol. The molecule has 0 aliphatic heterocycles. The summed E-state index contributed by atoms with van der Waals surface area (Å²) >= 11 is 1.28. The van der Waals surface area contributed by atoms with Crippen LogP contribution in [0.5, 0.6) is 0 Å². The molecule has 1 aromatic heterocycles. The van der Waals surface area contributed by atoms with Gasteiger partial charge in [-0.05, 0) is 35.5 Å². The molecule has 7 nitrogen and oxygen atoms in total. The molecule has 1 N–H and O–H groups in total. The number of aromatic nitrogens is 4. The average molecular weight is 331 g/mol. The van der Waals surface area contributed by atoms with Gasteiger partial charge in [0.2, 0.25) is 15.2 Å². The van der Waals surface area contributed by atoms with Crippen molar-refractivity contribution in [3.05, 3.63) is 30.1 Å². The van der Waals surface area contributed by atoms with Crippen LogP contribution in [0.4, 0.5) is 4.39 Å². The van der Waals surface area contributed by atoms with Crippen LogP contribution in [0.15, 0.2) is 29.4 Å². The predicted molar refractivity (Wildman–Crippen MR) is 77.3 cm³/mol. The van der Waals surface area contributed by atoms with E-state index in [1.54, 1.807) is 19.1 Å². The number of halogens is 1. The normalized spacial score (nSPS) is 11.7. The molecule has 1 heterocycles. The van der Waals surface area contributed by atoms with Crippen molar-refractivity contribution in [3.63, 3.8) is 0 Å². The maximum atomic E-state index is 13.2. The van der Waals surface area contributed by atoms with Crippen molar-refractivity contribution < 1.29 is 12.8 Å². The molecule has 21 heavy (non-hydrogen) atoms. The molecule has 2 rings (SSSR count). The molecule has 10 heteroatoms. The van der Waals surface area contributed by atoms with Crippen molar-refractivity contribution >= 4 is 21.8 Å². The largest absolute Gasteiger partial charge is 0.214 e. The lowest BCUT2D eigenvalue weighted by Crippen LogP contribution is -2.27.